The predicted molar refractivity (Wildman–Crippen MR) is 138 cm³/mol. The molecule has 2 aromatic rings. The van der Waals surface area contributed by atoms with Gasteiger partial charge in [-0.15, -0.1) is 5.10 Å². The number of rotatable bonds is 6. The summed E-state index contributed by atoms with van der Waals surface area (Å²) in [7, 11) is -2.69. The van der Waals surface area contributed by atoms with Crippen LogP contribution in [0.25, 0.3) is 11.5 Å². The second-order valence-electron chi connectivity index (χ2n) is 7.80. The van der Waals surface area contributed by atoms with Gasteiger partial charge in [0, 0.05) is 30.1 Å². The molecule has 1 aliphatic carbocycles. The summed E-state index contributed by atoms with van der Waals surface area (Å²) in [5, 5.41) is 8.95. The van der Waals surface area contributed by atoms with E-state index in [4.69, 9.17) is 14.9 Å². The lowest BCUT2D eigenvalue weighted by atomic mass is 10.1. The molecule has 1 fully saturated rings. The second kappa shape index (κ2) is 12.1. The average Bonchev–Trinajstić information content (AvgIpc) is 3.15. The van der Waals surface area contributed by atoms with Gasteiger partial charge in [-0.05, 0) is 48.9 Å². The predicted octanol–water partition coefficient (Wildman–Crippen LogP) is 2.41. The van der Waals surface area contributed by atoms with Crippen molar-refractivity contribution in [3.05, 3.63) is 56.9 Å². The van der Waals surface area contributed by atoms with Crippen molar-refractivity contribution >= 4 is 27.2 Å². The van der Waals surface area contributed by atoms with Crippen LogP contribution < -0.4 is 16.8 Å². The van der Waals surface area contributed by atoms with E-state index in [0.29, 0.717) is 60.9 Å². The van der Waals surface area contributed by atoms with Gasteiger partial charge in [-0.3, -0.25) is 4.79 Å². The zero-order chi connectivity index (χ0) is 25.4. The fourth-order valence-electron chi connectivity index (χ4n) is 3.80. The van der Waals surface area contributed by atoms with Gasteiger partial charge < -0.3 is 20.2 Å². The first kappa shape index (κ1) is 26.6. The Balaban J connectivity index is 0.00000167. The third-order valence-corrected chi connectivity index (χ3v) is 7.94. The lowest BCUT2D eigenvalue weighted by molar-refractivity contribution is -0.112. The van der Waals surface area contributed by atoms with Crippen molar-refractivity contribution in [3.8, 4) is 11.5 Å². The molecule has 1 aromatic heterocycles. The third kappa shape index (κ3) is 6.37. The quantitative estimate of drug-likeness (QED) is 0.514. The van der Waals surface area contributed by atoms with Gasteiger partial charge in [0.25, 0.3) is 11.8 Å². The molecule has 0 radical (unpaired) electrons. The highest BCUT2D eigenvalue weighted by molar-refractivity contribution is 8.01. The van der Waals surface area contributed by atoms with Crippen LogP contribution in [0.5, 0.6) is 0 Å². The van der Waals surface area contributed by atoms with Crippen molar-refractivity contribution in [3.63, 3.8) is 0 Å². The number of carbonyl (C=O) groups excluding carboxylic acids is 1. The number of nitrogens with zero attached hydrogens (tertiary/aromatic N) is 2. The van der Waals surface area contributed by atoms with Crippen molar-refractivity contribution in [2.45, 2.75) is 39.7 Å². The molecule has 11 heteroatoms. The van der Waals surface area contributed by atoms with Gasteiger partial charge in [0.05, 0.1) is 34.2 Å². The van der Waals surface area contributed by atoms with Crippen LogP contribution in [0.15, 0.2) is 50.0 Å². The zero-order valence-corrected chi connectivity index (χ0v) is 21.0. The summed E-state index contributed by atoms with van der Waals surface area (Å²) in [6.07, 6.45) is 5.57. The van der Waals surface area contributed by atoms with Gasteiger partial charge in [-0.2, -0.15) is 0 Å². The van der Waals surface area contributed by atoms with E-state index < -0.39 is 15.5 Å². The summed E-state index contributed by atoms with van der Waals surface area (Å²) in [5.41, 5.74) is 7.77. The summed E-state index contributed by atoms with van der Waals surface area (Å²) in [4.78, 5) is 25.3. The molecule has 0 spiro atoms. The number of aromatic nitrogens is 2. The maximum absolute atomic E-state index is 13.6. The number of nitrogens with two attached hydrogens (primary N) is 1. The number of amides is 1. The maximum atomic E-state index is 13.6. The zero-order valence-electron chi connectivity index (χ0n) is 20.2. The van der Waals surface area contributed by atoms with Crippen LogP contribution in [0, 0.1) is 0 Å². The smallest absolute Gasteiger partial charge is 0.388 e. The van der Waals surface area contributed by atoms with E-state index in [2.05, 4.69) is 21.4 Å². The van der Waals surface area contributed by atoms with E-state index in [1.807, 2.05) is 24.2 Å². The molecule has 2 heterocycles. The van der Waals surface area contributed by atoms with E-state index >= 15 is 0 Å². The molecule has 190 valence electrons. The molecule has 10 nitrogen and oxygen atoms in total. The van der Waals surface area contributed by atoms with Gasteiger partial charge in [-0.25, -0.2) is 18.4 Å². The molecule has 35 heavy (non-hydrogen) atoms. The molecule has 2 aliphatic rings. The number of ether oxygens (including phenoxy) is 1. The first-order valence-corrected chi connectivity index (χ1v) is 13.4. The lowest BCUT2D eigenvalue weighted by Crippen LogP contribution is -2.41. The van der Waals surface area contributed by atoms with Gasteiger partial charge in [0.2, 0.25) is 0 Å². The molecule has 1 atom stereocenters. The van der Waals surface area contributed by atoms with Crippen LogP contribution in [0.3, 0.4) is 0 Å². The van der Waals surface area contributed by atoms with E-state index in [-0.39, 0.29) is 18.3 Å². The summed E-state index contributed by atoms with van der Waals surface area (Å²) in [6, 6.07) is 5.16. The SMILES string of the molecule is C=S(=O)(C1=CC(C(=O)Nc2ccc(CN)cc2-c2n[nH]c(=O)o2)=CCCC1)N1CCOCC1.CC. The van der Waals surface area contributed by atoms with Crippen LogP contribution in [-0.2, 0) is 25.8 Å². The molecule has 4 N–H and O–H groups in total. The summed E-state index contributed by atoms with van der Waals surface area (Å²) < 4.78 is 25.8. The Hall–Kier alpha value is -2.99. The number of morpholine rings is 1. The minimum absolute atomic E-state index is 0.0461. The van der Waals surface area contributed by atoms with Crippen molar-refractivity contribution in [1.82, 2.24) is 14.5 Å². The Morgan fingerprint density at radius 2 is 2.06 bits per heavy atom. The molecule has 1 amide bonds. The van der Waals surface area contributed by atoms with Crippen LogP contribution in [0.4, 0.5) is 5.69 Å². The molecule has 1 saturated heterocycles. The second-order valence-corrected chi connectivity index (χ2v) is 10.1. The molecule has 4 rings (SSSR count). The lowest BCUT2D eigenvalue weighted by Gasteiger charge is -2.31. The number of anilines is 1. The Kier molecular flexibility index (Phi) is 9.21. The molecule has 0 bridgehead atoms. The number of carbonyl (C=O) groups is 1. The Labute approximate surface area is 205 Å². The molecular formula is C24H33N5O5S. The van der Waals surface area contributed by atoms with E-state index in [1.165, 1.54) is 0 Å². The molecule has 1 aromatic carbocycles. The Bertz CT molecular complexity index is 1250. The first-order chi connectivity index (χ1) is 16.9. The standard InChI is InChI=1S/C22H27N5O5S.C2H6/c1-33(30,27-8-10-31-11-9-27)17-5-3-2-4-16(13-17)20(28)24-19-7-6-15(14-23)12-18(19)21-25-26-22(29)32-21;1-2/h4,6-7,12-13H,1-3,5,8-11,14,23H2,(H,24,28)(H,26,29);1-2H3. The van der Waals surface area contributed by atoms with Crippen LogP contribution >= 0.6 is 0 Å². The van der Waals surface area contributed by atoms with E-state index in [9.17, 15) is 13.8 Å². The fourth-order valence-corrected chi connectivity index (χ4v) is 5.64. The maximum Gasteiger partial charge on any atom is 0.434 e. The highest BCUT2D eigenvalue weighted by Crippen LogP contribution is 2.29. The van der Waals surface area contributed by atoms with Crippen LogP contribution in [-0.4, -0.2) is 56.8 Å². The van der Waals surface area contributed by atoms with E-state index in [0.717, 1.165) is 12.0 Å². The summed E-state index contributed by atoms with van der Waals surface area (Å²) in [5.74, 6) is 2.99. The average molecular weight is 504 g/mol. The summed E-state index contributed by atoms with van der Waals surface area (Å²) >= 11 is 0. The number of benzene rings is 1. The topological polar surface area (TPSA) is 144 Å². The highest BCUT2D eigenvalue weighted by Gasteiger charge is 2.25. The molecular weight excluding hydrogens is 470 g/mol. The third-order valence-electron chi connectivity index (χ3n) is 5.60. The number of nitrogens with one attached hydrogen (secondary N) is 2. The largest absolute Gasteiger partial charge is 0.434 e. The minimum Gasteiger partial charge on any atom is -0.388 e. The number of allylic oxidation sites excluding steroid dienone is 2. The molecule has 0 saturated carbocycles. The van der Waals surface area contributed by atoms with Crippen molar-refractivity contribution in [2.75, 3.05) is 31.6 Å². The Morgan fingerprint density at radius 3 is 2.71 bits per heavy atom. The number of H-pyrrole nitrogens is 1. The Morgan fingerprint density at radius 1 is 1.31 bits per heavy atom. The molecule has 1 unspecified atom stereocenters. The monoisotopic (exact) mass is 503 g/mol. The number of aromatic amines is 1. The number of hydrogen-bond acceptors (Lipinski definition) is 7. The van der Waals surface area contributed by atoms with Crippen molar-refractivity contribution < 1.29 is 18.2 Å². The fraction of sp³-hybridized carbons (Fsp3) is 0.417. The van der Waals surface area contributed by atoms with E-state index in [1.54, 1.807) is 24.3 Å². The molecule has 1 aliphatic heterocycles. The summed E-state index contributed by atoms with van der Waals surface area (Å²) in [6.45, 7) is 6.36. The van der Waals surface area contributed by atoms with Crippen molar-refractivity contribution in [1.29, 1.82) is 0 Å². The normalized spacial score (nSPS) is 18.3. The van der Waals surface area contributed by atoms with Gasteiger partial charge in [0.1, 0.15) is 0 Å². The van der Waals surface area contributed by atoms with Gasteiger partial charge in [-0.1, -0.05) is 26.0 Å². The van der Waals surface area contributed by atoms with Gasteiger partial charge in [0.15, 0.2) is 0 Å². The van der Waals surface area contributed by atoms with Crippen LogP contribution in [0.2, 0.25) is 0 Å². The first-order valence-electron chi connectivity index (χ1n) is 11.7. The minimum atomic E-state index is -2.69. The number of hydrogen-bond donors (Lipinski definition) is 3. The van der Waals surface area contributed by atoms with Crippen molar-refractivity contribution in [2.24, 2.45) is 5.73 Å². The van der Waals surface area contributed by atoms with Crippen LogP contribution in [0.1, 0.15) is 38.7 Å². The highest BCUT2D eigenvalue weighted by atomic mass is 32.2. The van der Waals surface area contributed by atoms with Gasteiger partial charge >= 0.3 is 5.76 Å².